The Morgan fingerprint density at radius 1 is 1.17 bits per heavy atom. The standard InChI is InChI=1S/C27H25F2N3O4/c1-27(14-33)13-32-23(35-15-27)10-16-8-20(28)25(21(29)9-16)36-22-6-7-30-26-24(22)19(12-31-26)17-4-3-5-18(11-17)34-2/h3-9,11-12,33H,10,13-15H2,1-2H3,(H,30,31). The van der Waals surface area contributed by atoms with Gasteiger partial charge < -0.3 is 24.3 Å². The number of rotatable bonds is 7. The first-order valence-electron chi connectivity index (χ1n) is 11.4. The highest BCUT2D eigenvalue weighted by atomic mass is 19.1. The number of aliphatic hydroxyl groups excluding tert-OH is 1. The van der Waals surface area contributed by atoms with Crippen molar-refractivity contribution in [1.82, 2.24) is 9.97 Å². The van der Waals surface area contributed by atoms with E-state index in [4.69, 9.17) is 14.2 Å². The second kappa shape index (κ2) is 9.58. The Labute approximate surface area is 206 Å². The Morgan fingerprint density at radius 3 is 2.67 bits per heavy atom. The van der Waals surface area contributed by atoms with Crippen LogP contribution in [0.25, 0.3) is 22.2 Å². The van der Waals surface area contributed by atoms with E-state index in [-0.39, 0.29) is 18.8 Å². The SMILES string of the molecule is COc1cccc(-c2c[nH]c3nccc(Oc4c(F)cc(CC5=NCC(C)(CO)CO5)cc4F)c23)c1. The number of pyridine rings is 1. The molecule has 36 heavy (non-hydrogen) atoms. The van der Waals surface area contributed by atoms with Crippen LogP contribution in [-0.4, -0.2) is 47.8 Å². The van der Waals surface area contributed by atoms with Crippen molar-refractivity contribution in [3.63, 3.8) is 0 Å². The van der Waals surface area contributed by atoms with Gasteiger partial charge in [0.25, 0.3) is 0 Å². The van der Waals surface area contributed by atoms with Crippen LogP contribution in [0.2, 0.25) is 0 Å². The highest BCUT2D eigenvalue weighted by molar-refractivity contribution is 5.98. The molecule has 2 aromatic heterocycles. The van der Waals surface area contributed by atoms with Gasteiger partial charge in [0.05, 0.1) is 32.3 Å². The van der Waals surface area contributed by atoms with Gasteiger partial charge in [-0.15, -0.1) is 0 Å². The predicted molar refractivity (Wildman–Crippen MR) is 132 cm³/mol. The molecule has 0 aliphatic carbocycles. The summed E-state index contributed by atoms with van der Waals surface area (Å²) in [5.41, 5.74) is 2.02. The summed E-state index contributed by atoms with van der Waals surface area (Å²) in [5, 5.41) is 10.0. The van der Waals surface area contributed by atoms with Crippen molar-refractivity contribution in [3.05, 3.63) is 72.1 Å². The third-order valence-electron chi connectivity index (χ3n) is 6.15. The van der Waals surface area contributed by atoms with Crippen LogP contribution in [-0.2, 0) is 11.2 Å². The predicted octanol–water partition coefficient (Wildman–Crippen LogP) is 5.28. The van der Waals surface area contributed by atoms with Gasteiger partial charge >= 0.3 is 0 Å². The molecule has 1 aliphatic rings. The van der Waals surface area contributed by atoms with Crippen molar-refractivity contribution in [3.8, 4) is 28.4 Å². The zero-order valence-electron chi connectivity index (χ0n) is 19.8. The number of fused-ring (bicyclic) bond motifs is 1. The van der Waals surface area contributed by atoms with Crippen LogP contribution >= 0.6 is 0 Å². The van der Waals surface area contributed by atoms with E-state index in [0.29, 0.717) is 41.4 Å². The third-order valence-corrected chi connectivity index (χ3v) is 6.15. The first-order valence-corrected chi connectivity index (χ1v) is 11.4. The summed E-state index contributed by atoms with van der Waals surface area (Å²) in [7, 11) is 1.58. The second-order valence-corrected chi connectivity index (χ2v) is 9.10. The molecule has 186 valence electrons. The number of aromatic nitrogens is 2. The van der Waals surface area contributed by atoms with E-state index >= 15 is 8.78 Å². The van der Waals surface area contributed by atoms with Crippen LogP contribution in [0.5, 0.6) is 17.2 Å². The number of aromatic amines is 1. The first kappa shape index (κ1) is 23.7. The minimum atomic E-state index is -0.843. The summed E-state index contributed by atoms with van der Waals surface area (Å²) in [6.45, 7) is 2.48. The number of benzene rings is 2. The normalized spacial score (nSPS) is 17.5. The summed E-state index contributed by atoms with van der Waals surface area (Å²) >= 11 is 0. The molecule has 1 aliphatic heterocycles. The molecule has 0 amide bonds. The number of halogens is 2. The van der Waals surface area contributed by atoms with Gasteiger partial charge in [0, 0.05) is 29.8 Å². The molecule has 2 aromatic carbocycles. The van der Waals surface area contributed by atoms with Crippen LogP contribution in [0.15, 0.2) is 59.9 Å². The molecule has 3 heterocycles. The summed E-state index contributed by atoms with van der Waals surface area (Å²) < 4.78 is 46.8. The fourth-order valence-electron chi connectivity index (χ4n) is 4.06. The Hall–Kier alpha value is -3.98. The quantitative estimate of drug-likeness (QED) is 0.366. The van der Waals surface area contributed by atoms with Gasteiger partial charge in [-0.3, -0.25) is 4.99 Å². The van der Waals surface area contributed by atoms with E-state index < -0.39 is 22.8 Å². The summed E-state index contributed by atoms with van der Waals surface area (Å²) in [6, 6.07) is 11.4. The highest BCUT2D eigenvalue weighted by Gasteiger charge is 2.29. The molecule has 7 nitrogen and oxygen atoms in total. The number of H-pyrrole nitrogens is 1. The van der Waals surface area contributed by atoms with Crippen LogP contribution in [0, 0.1) is 17.0 Å². The number of aliphatic imine (C=N–C) groups is 1. The lowest BCUT2D eigenvalue weighted by molar-refractivity contribution is 0.0691. The lowest BCUT2D eigenvalue weighted by atomic mass is 9.92. The van der Waals surface area contributed by atoms with Gasteiger partial charge in [-0.05, 0) is 41.5 Å². The smallest absolute Gasteiger partial charge is 0.198 e. The maximum Gasteiger partial charge on any atom is 0.198 e. The maximum absolute atomic E-state index is 15.1. The van der Waals surface area contributed by atoms with Crippen molar-refractivity contribution in [2.45, 2.75) is 13.3 Å². The maximum atomic E-state index is 15.1. The van der Waals surface area contributed by atoms with Gasteiger partial charge in [-0.1, -0.05) is 19.1 Å². The minimum absolute atomic E-state index is 0.0536. The lowest BCUT2D eigenvalue weighted by Gasteiger charge is -2.30. The topological polar surface area (TPSA) is 89.0 Å². The number of hydrogen-bond acceptors (Lipinski definition) is 6. The fraction of sp³-hybridized carbons (Fsp3) is 0.259. The molecular weight excluding hydrogens is 468 g/mol. The van der Waals surface area contributed by atoms with Crippen LogP contribution < -0.4 is 9.47 Å². The molecule has 0 radical (unpaired) electrons. The molecule has 0 saturated carbocycles. The first-order chi connectivity index (χ1) is 17.4. The second-order valence-electron chi connectivity index (χ2n) is 9.10. The number of methoxy groups -OCH3 is 1. The van der Waals surface area contributed by atoms with Gasteiger partial charge in [-0.2, -0.15) is 0 Å². The lowest BCUT2D eigenvalue weighted by Crippen LogP contribution is -2.36. The molecule has 0 saturated heterocycles. The van der Waals surface area contributed by atoms with E-state index in [1.54, 1.807) is 19.4 Å². The molecule has 0 spiro atoms. The van der Waals surface area contributed by atoms with E-state index in [0.717, 1.165) is 11.1 Å². The summed E-state index contributed by atoms with van der Waals surface area (Å²) in [6.07, 6.45) is 3.40. The van der Waals surface area contributed by atoms with E-state index in [9.17, 15) is 5.11 Å². The zero-order valence-corrected chi connectivity index (χ0v) is 19.8. The molecule has 5 rings (SSSR count). The van der Waals surface area contributed by atoms with E-state index in [2.05, 4.69) is 15.0 Å². The largest absolute Gasteiger partial charge is 0.497 e. The Balaban J connectivity index is 1.44. The minimum Gasteiger partial charge on any atom is -0.497 e. The van der Waals surface area contributed by atoms with Crippen molar-refractivity contribution in [2.75, 3.05) is 26.9 Å². The summed E-state index contributed by atoms with van der Waals surface area (Å²) in [4.78, 5) is 11.7. The van der Waals surface area contributed by atoms with Crippen molar-refractivity contribution in [2.24, 2.45) is 10.4 Å². The molecule has 4 aromatic rings. The van der Waals surface area contributed by atoms with Crippen LogP contribution in [0.1, 0.15) is 12.5 Å². The van der Waals surface area contributed by atoms with Gasteiger partial charge in [-0.25, -0.2) is 13.8 Å². The average molecular weight is 494 g/mol. The number of nitrogens with zero attached hydrogens (tertiary/aromatic N) is 2. The number of ether oxygens (including phenoxy) is 3. The molecule has 1 unspecified atom stereocenters. The monoisotopic (exact) mass is 493 g/mol. The van der Waals surface area contributed by atoms with Gasteiger partial charge in [0.1, 0.15) is 17.1 Å². The molecule has 2 N–H and O–H groups in total. The molecule has 0 fully saturated rings. The van der Waals surface area contributed by atoms with Gasteiger partial charge in [0.15, 0.2) is 23.3 Å². The highest BCUT2D eigenvalue weighted by Crippen LogP contribution is 2.39. The molecule has 0 bridgehead atoms. The van der Waals surface area contributed by atoms with Crippen LogP contribution in [0.4, 0.5) is 8.78 Å². The van der Waals surface area contributed by atoms with E-state index in [1.165, 1.54) is 18.3 Å². The van der Waals surface area contributed by atoms with Crippen LogP contribution in [0.3, 0.4) is 0 Å². The fourth-order valence-corrected chi connectivity index (χ4v) is 4.06. The molecular formula is C27H25F2N3O4. The molecule has 1 atom stereocenters. The zero-order chi connectivity index (χ0) is 25.3. The van der Waals surface area contributed by atoms with Crippen molar-refractivity contribution < 1.29 is 28.1 Å². The van der Waals surface area contributed by atoms with Crippen molar-refractivity contribution in [1.29, 1.82) is 0 Å². The Kier molecular flexibility index (Phi) is 6.32. The van der Waals surface area contributed by atoms with E-state index in [1.807, 2.05) is 31.2 Å². The number of nitrogens with one attached hydrogen (secondary N) is 1. The third kappa shape index (κ3) is 4.61. The number of hydrogen-bond donors (Lipinski definition) is 2. The number of aliphatic hydroxyl groups is 1. The Bertz CT molecular complexity index is 1430. The Morgan fingerprint density at radius 2 is 1.97 bits per heavy atom. The van der Waals surface area contributed by atoms with Gasteiger partial charge in [0.2, 0.25) is 0 Å². The van der Waals surface area contributed by atoms with Crippen molar-refractivity contribution >= 4 is 16.9 Å². The summed E-state index contributed by atoms with van der Waals surface area (Å²) in [5.74, 6) is -0.890. The average Bonchev–Trinajstić information content (AvgIpc) is 3.33. The molecule has 9 heteroatoms.